The van der Waals surface area contributed by atoms with E-state index in [-0.39, 0.29) is 18.9 Å². The van der Waals surface area contributed by atoms with Crippen molar-refractivity contribution >= 4 is 5.91 Å². The number of allylic oxidation sites excluding steroid dienone is 21. The predicted octanol–water partition coefficient (Wildman–Crippen LogP) is 19.4. The van der Waals surface area contributed by atoms with Gasteiger partial charge in [-0.25, -0.2) is 0 Å². The second-order valence-corrected chi connectivity index (χ2v) is 28.5. The molecule has 1 amide bonds. The molecular weight excluding hydrogens is 1280 g/mol. The van der Waals surface area contributed by atoms with Crippen molar-refractivity contribution in [2.75, 3.05) is 19.8 Å². The van der Waals surface area contributed by atoms with Crippen LogP contribution in [0.3, 0.4) is 0 Å². The van der Waals surface area contributed by atoms with Crippen LogP contribution in [0.25, 0.3) is 0 Å². The lowest BCUT2D eigenvalue weighted by molar-refractivity contribution is -0.359. The molecule has 586 valence electrons. The highest BCUT2D eigenvalue weighted by Gasteiger charge is 2.51. The molecule has 14 heteroatoms. The van der Waals surface area contributed by atoms with Gasteiger partial charge in [0.25, 0.3) is 0 Å². The first kappa shape index (κ1) is 94.2. The summed E-state index contributed by atoms with van der Waals surface area (Å²) in [6.07, 6.45) is 88.1. The number of ether oxygens (including phenoxy) is 4. The van der Waals surface area contributed by atoms with Crippen molar-refractivity contribution in [2.24, 2.45) is 0 Å². The van der Waals surface area contributed by atoms with E-state index in [1.165, 1.54) is 180 Å². The molecular formula is C88H151NO13. The minimum atomic E-state index is -1.80. The molecule has 2 aliphatic rings. The van der Waals surface area contributed by atoms with Crippen molar-refractivity contribution in [1.82, 2.24) is 5.32 Å². The van der Waals surface area contributed by atoms with Crippen LogP contribution in [0, 0.1) is 0 Å². The van der Waals surface area contributed by atoms with Crippen LogP contribution in [0.5, 0.6) is 0 Å². The average Bonchev–Trinajstić information content (AvgIpc) is 0.790. The quantitative estimate of drug-likeness (QED) is 0.0204. The van der Waals surface area contributed by atoms with E-state index in [0.717, 1.165) is 116 Å². The molecule has 12 unspecified atom stereocenters. The van der Waals surface area contributed by atoms with Crippen molar-refractivity contribution in [2.45, 2.75) is 396 Å². The highest BCUT2D eigenvalue weighted by molar-refractivity contribution is 5.76. The second kappa shape index (κ2) is 70.1. The Morgan fingerprint density at radius 1 is 0.363 bits per heavy atom. The molecule has 0 spiro atoms. The Morgan fingerprint density at radius 3 is 1.04 bits per heavy atom. The first-order valence-corrected chi connectivity index (χ1v) is 41.4. The number of rotatable bonds is 68. The van der Waals surface area contributed by atoms with Gasteiger partial charge in [-0.1, -0.05) is 353 Å². The van der Waals surface area contributed by atoms with Gasteiger partial charge in [0.15, 0.2) is 12.6 Å². The molecule has 0 radical (unpaired) electrons. The molecule has 2 saturated heterocycles. The van der Waals surface area contributed by atoms with Crippen LogP contribution in [-0.4, -0.2) is 140 Å². The fourth-order valence-electron chi connectivity index (χ4n) is 12.9. The number of carbonyl (C=O) groups excluding carboxylic acids is 1. The maximum absolute atomic E-state index is 13.4. The molecule has 12 atom stereocenters. The molecule has 2 rings (SSSR count). The topological polar surface area (TPSA) is 228 Å². The molecule has 0 aliphatic carbocycles. The van der Waals surface area contributed by atoms with Crippen LogP contribution in [0.2, 0.25) is 0 Å². The Bertz CT molecular complexity index is 2230. The van der Waals surface area contributed by atoms with Crippen molar-refractivity contribution in [3.63, 3.8) is 0 Å². The summed E-state index contributed by atoms with van der Waals surface area (Å²) in [6, 6.07) is -0.931. The van der Waals surface area contributed by atoms with Crippen LogP contribution < -0.4 is 5.32 Å². The zero-order valence-electron chi connectivity index (χ0n) is 64.3. The Balaban J connectivity index is 1.63. The number of nitrogens with one attached hydrogen (secondary N) is 1. The Kier molecular flexibility index (Phi) is 64.8. The van der Waals surface area contributed by atoms with Crippen LogP contribution in [-0.2, 0) is 23.7 Å². The normalized spacial score (nSPS) is 22.4. The van der Waals surface area contributed by atoms with Crippen molar-refractivity contribution in [3.8, 4) is 0 Å². The van der Waals surface area contributed by atoms with Crippen molar-refractivity contribution < 1.29 is 64.6 Å². The van der Waals surface area contributed by atoms with E-state index in [0.29, 0.717) is 6.42 Å². The van der Waals surface area contributed by atoms with Gasteiger partial charge in [0.2, 0.25) is 5.91 Å². The maximum Gasteiger partial charge on any atom is 0.220 e. The summed E-state index contributed by atoms with van der Waals surface area (Å²) in [5.41, 5.74) is 0. The van der Waals surface area contributed by atoms with Gasteiger partial charge < -0.3 is 65.1 Å². The van der Waals surface area contributed by atoms with E-state index in [4.69, 9.17) is 18.9 Å². The van der Waals surface area contributed by atoms with Crippen LogP contribution in [0.4, 0.5) is 0 Å². The SMILES string of the molecule is CC/C=C\C/C=C\C/C=C\C/C=C\C/C=C\C/C=C\C/C=C\C/C=C\C/C=C\C/C=C\CCCCCCCCCCC(=O)NC(COC1OC(CO)C(OC2OC(CO)C(O)C(O)C2O)C(O)C1O)C(O)/C=C/CCCCCCCCCCCCCCCCCCCCCCCCCCCCC. The van der Waals surface area contributed by atoms with E-state index >= 15 is 0 Å². The second-order valence-electron chi connectivity index (χ2n) is 28.5. The third-order valence-corrected chi connectivity index (χ3v) is 19.3. The largest absolute Gasteiger partial charge is 0.394 e. The van der Waals surface area contributed by atoms with Gasteiger partial charge in [-0.2, -0.15) is 0 Å². The summed E-state index contributed by atoms with van der Waals surface area (Å²) in [7, 11) is 0. The van der Waals surface area contributed by atoms with Crippen LogP contribution in [0.1, 0.15) is 322 Å². The lowest BCUT2D eigenvalue weighted by Crippen LogP contribution is -2.65. The Morgan fingerprint density at radius 2 is 0.676 bits per heavy atom. The zero-order chi connectivity index (χ0) is 73.7. The Labute approximate surface area is 621 Å². The molecule has 102 heavy (non-hydrogen) atoms. The van der Waals surface area contributed by atoms with Crippen molar-refractivity contribution in [3.05, 3.63) is 134 Å². The van der Waals surface area contributed by atoms with Gasteiger partial charge in [0.05, 0.1) is 32.0 Å². The number of aliphatic hydroxyl groups excluding tert-OH is 8. The Hall–Kier alpha value is -3.87. The minimum Gasteiger partial charge on any atom is -0.394 e. The summed E-state index contributed by atoms with van der Waals surface area (Å²) in [6.45, 7) is 2.71. The van der Waals surface area contributed by atoms with Gasteiger partial charge in [-0.05, 0) is 96.3 Å². The van der Waals surface area contributed by atoms with E-state index in [1.807, 2.05) is 6.08 Å². The molecule has 0 bridgehead atoms. The highest BCUT2D eigenvalue weighted by Crippen LogP contribution is 2.30. The number of hydrogen-bond donors (Lipinski definition) is 9. The molecule has 0 saturated carbocycles. The highest BCUT2D eigenvalue weighted by atomic mass is 16.7. The summed E-state index contributed by atoms with van der Waals surface area (Å²) in [5, 5.41) is 87.7. The number of aliphatic hydroxyl groups is 8. The predicted molar refractivity (Wildman–Crippen MR) is 424 cm³/mol. The summed E-state index contributed by atoms with van der Waals surface area (Å²) < 4.78 is 22.9. The monoisotopic (exact) mass is 1430 g/mol. The number of carbonyl (C=O) groups is 1. The van der Waals surface area contributed by atoms with Gasteiger partial charge in [0.1, 0.15) is 48.8 Å². The molecule has 2 fully saturated rings. The number of unbranched alkanes of at least 4 members (excludes halogenated alkanes) is 35. The van der Waals surface area contributed by atoms with Crippen molar-refractivity contribution in [1.29, 1.82) is 0 Å². The minimum absolute atomic E-state index is 0.249. The summed E-state index contributed by atoms with van der Waals surface area (Å²) in [5.74, 6) is -0.249. The molecule has 9 N–H and O–H groups in total. The number of hydrogen-bond acceptors (Lipinski definition) is 13. The fraction of sp³-hybridized carbons (Fsp3) is 0.739. The first-order chi connectivity index (χ1) is 50.1. The van der Waals surface area contributed by atoms with E-state index < -0.39 is 86.8 Å². The first-order valence-electron chi connectivity index (χ1n) is 41.4. The third kappa shape index (κ3) is 52.2. The van der Waals surface area contributed by atoms with Gasteiger partial charge in [-0.15, -0.1) is 0 Å². The van der Waals surface area contributed by atoms with E-state index in [9.17, 15) is 45.6 Å². The molecule has 14 nitrogen and oxygen atoms in total. The number of amides is 1. The molecule has 2 heterocycles. The van der Waals surface area contributed by atoms with Crippen LogP contribution >= 0.6 is 0 Å². The van der Waals surface area contributed by atoms with Gasteiger partial charge >= 0.3 is 0 Å². The van der Waals surface area contributed by atoms with Gasteiger partial charge in [0, 0.05) is 6.42 Å². The standard InChI is InChI=1S/C88H151NO13/c1-3-5-7-9-11-13-15-17-19-21-23-25-27-29-31-33-34-35-36-37-38-39-40-41-42-44-46-48-50-52-54-56-58-60-62-64-66-68-70-72-80(93)89-76(75-99-87-85(98)83(96)86(79(74-91)101-87)102-88-84(97)82(95)81(94)78(73-90)100-88)77(92)71-69-67-65-63-61-59-57-55-53-51-49-47-45-43-32-30-28-26-24-22-20-18-16-14-12-10-8-6-4-2/h5,7,11,13,17,19,23,25,29,31,34-35,37-38,40-41,44,46,50,52,69,71,76-79,81-88,90-92,94-98H,3-4,6,8-10,12,14-16,18,20-22,24,26-28,30,32-33,36,39,42-43,45,47-49,51,53-68,70,72-75H2,1-2H3,(H,89,93)/b7-5-,13-11-,19-17-,25-23-,31-29-,35-34-,38-37-,41-40-,46-44-,52-50-,71-69+. The zero-order valence-corrected chi connectivity index (χ0v) is 64.3. The van der Waals surface area contributed by atoms with Crippen LogP contribution in [0.15, 0.2) is 134 Å². The lowest BCUT2D eigenvalue weighted by atomic mass is 9.97. The molecule has 2 aliphatic heterocycles. The fourth-order valence-corrected chi connectivity index (χ4v) is 12.9. The van der Waals surface area contributed by atoms with Gasteiger partial charge in [-0.3, -0.25) is 4.79 Å². The maximum atomic E-state index is 13.4. The summed E-state index contributed by atoms with van der Waals surface area (Å²) in [4.78, 5) is 13.4. The van der Waals surface area contributed by atoms with E-state index in [1.54, 1.807) is 6.08 Å². The molecule has 0 aromatic heterocycles. The smallest absolute Gasteiger partial charge is 0.220 e. The summed E-state index contributed by atoms with van der Waals surface area (Å²) >= 11 is 0. The average molecular weight is 1430 g/mol. The van der Waals surface area contributed by atoms with E-state index in [2.05, 4.69) is 141 Å². The molecule has 0 aromatic rings. The lowest BCUT2D eigenvalue weighted by Gasteiger charge is -2.46. The molecule has 0 aromatic carbocycles. The third-order valence-electron chi connectivity index (χ3n) is 19.3.